The first-order valence-electron chi connectivity index (χ1n) is 7.34. The Kier molecular flexibility index (Phi) is 4.54. The van der Waals surface area contributed by atoms with E-state index in [9.17, 15) is 19.8 Å². The Hall–Kier alpha value is -1.91. The van der Waals surface area contributed by atoms with Crippen LogP contribution in [0.3, 0.4) is 0 Å². The first-order chi connectivity index (χ1) is 10.3. The number of nitrogens with zero attached hydrogens (tertiary/aromatic N) is 3. The maximum atomic E-state index is 12.2. The fraction of sp³-hybridized carbons (Fsp3) is 0.667. The third kappa shape index (κ3) is 2.49. The third-order valence-corrected chi connectivity index (χ3v) is 4.56. The summed E-state index contributed by atoms with van der Waals surface area (Å²) in [5, 5.41) is 27.9. The van der Waals surface area contributed by atoms with Gasteiger partial charge in [-0.3, -0.25) is 4.79 Å². The standard InChI is InChI=1S/C15H21N3O4/c1-8-10(7-17(3)6-4-5-16)13(15(21)22)18-12(8)11(9(2)19)14(18)20/h8-9,11-12,19H,4,6-7H2,1-3H3,(H,21,22)/t8-,9+,11+,12?/m0/s1. The first-order valence-corrected chi connectivity index (χ1v) is 7.34. The van der Waals surface area contributed by atoms with E-state index < -0.39 is 18.0 Å². The van der Waals surface area contributed by atoms with Crippen LogP contribution in [0.15, 0.2) is 11.3 Å². The average molecular weight is 307 g/mol. The Balaban J connectivity index is 2.26. The van der Waals surface area contributed by atoms with Gasteiger partial charge in [0.1, 0.15) is 5.70 Å². The molecule has 2 N–H and O–H groups in total. The Labute approximate surface area is 129 Å². The molecule has 7 heteroatoms. The lowest BCUT2D eigenvalue weighted by Crippen LogP contribution is -2.63. The molecule has 2 aliphatic rings. The molecule has 2 aliphatic heterocycles. The maximum Gasteiger partial charge on any atom is 0.352 e. The molecule has 1 saturated heterocycles. The Bertz CT molecular complexity index is 564. The van der Waals surface area contributed by atoms with Gasteiger partial charge >= 0.3 is 5.97 Å². The van der Waals surface area contributed by atoms with Crippen LogP contribution in [0.5, 0.6) is 0 Å². The van der Waals surface area contributed by atoms with Crippen LogP contribution in [-0.2, 0) is 9.59 Å². The number of carboxylic acids is 1. The number of aliphatic carboxylic acids is 1. The SMILES string of the molecule is C[C@H]1C(CN(C)CCC#N)=C(C(=O)O)N2C(=O)[C@H]([C@@H](C)O)C12. The van der Waals surface area contributed by atoms with E-state index in [0.717, 1.165) is 0 Å². The van der Waals surface area contributed by atoms with Crippen LogP contribution in [0.25, 0.3) is 0 Å². The van der Waals surface area contributed by atoms with Crippen molar-refractivity contribution in [1.29, 1.82) is 5.26 Å². The summed E-state index contributed by atoms with van der Waals surface area (Å²) in [6.45, 7) is 4.39. The van der Waals surface area contributed by atoms with Crippen LogP contribution in [0, 0.1) is 23.2 Å². The lowest BCUT2D eigenvalue weighted by atomic mass is 9.77. The van der Waals surface area contributed by atoms with Gasteiger partial charge in [0.05, 0.1) is 24.1 Å². The summed E-state index contributed by atoms with van der Waals surface area (Å²) in [5.41, 5.74) is 0.734. The minimum Gasteiger partial charge on any atom is -0.477 e. The van der Waals surface area contributed by atoms with Crippen molar-refractivity contribution in [2.75, 3.05) is 20.1 Å². The Morgan fingerprint density at radius 3 is 2.68 bits per heavy atom. The second kappa shape index (κ2) is 6.07. The number of carbonyl (C=O) groups excluding carboxylic acids is 1. The molecule has 4 atom stereocenters. The molecule has 1 unspecified atom stereocenters. The normalized spacial score (nSPS) is 28.5. The van der Waals surface area contributed by atoms with Crippen LogP contribution in [0.2, 0.25) is 0 Å². The van der Waals surface area contributed by atoms with E-state index >= 15 is 0 Å². The van der Waals surface area contributed by atoms with E-state index in [1.54, 1.807) is 6.92 Å². The highest BCUT2D eigenvalue weighted by atomic mass is 16.4. The van der Waals surface area contributed by atoms with Gasteiger partial charge in [0, 0.05) is 25.4 Å². The Morgan fingerprint density at radius 2 is 2.18 bits per heavy atom. The molecule has 1 amide bonds. The van der Waals surface area contributed by atoms with Gasteiger partial charge in [-0.1, -0.05) is 6.92 Å². The lowest BCUT2D eigenvalue weighted by molar-refractivity contribution is -0.163. The van der Waals surface area contributed by atoms with Gasteiger partial charge in [-0.25, -0.2) is 4.79 Å². The van der Waals surface area contributed by atoms with Crippen LogP contribution in [-0.4, -0.2) is 64.2 Å². The minimum atomic E-state index is -1.12. The van der Waals surface area contributed by atoms with Gasteiger partial charge in [0.25, 0.3) is 0 Å². The molecule has 2 rings (SSSR count). The molecule has 2 heterocycles. The van der Waals surface area contributed by atoms with Crippen LogP contribution in [0.4, 0.5) is 0 Å². The third-order valence-electron chi connectivity index (χ3n) is 4.56. The zero-order valence-corrected chi connectivity index (χ0v) is 13.0. The zero-order valence-electron chi connectivity index (χ0n) is 13.0. The quantitative estimate of drug-likeness (QED) is 0.671. The summed E-state index contributed by atoms with van der Waals surface area (Å²) < 4.78 is 0. The number of nitriles is 1. The maximum absolute atomic E-state index is 12.2. The average Bonchev–Trinajstić information content (AvgIpc) is 2.66. The second-order valence-corrected chi connectivity index (χ2v) is 6.08. The molecule has 7 nitrogen and oxygen atoms in total. The zero-order chi connectivity index (χ0) is 16.6. The molecule has 0 saturated carbocycles. The van der Waals surface area contributed by atoms with Crippen molar-refractivity contribution in [3.8, 4) is 6.07 Å². The van der Waals surface area contributed by atoms with Gasteiger partial charge < -0.3 is 20.0 Å². The van der Waals surface area contributed by atoms with E-state index in [0.29, 0.717) is 25.1 Å². The predicted molar refractivity (Wildman–Crippen MR) is 77.4 cm³/mol. The lowest BCUT2D eigenvalue weighted by Gasteiger charge is -2.46. The van der Waals surface area contributed by atoms with Crippen molar-refractivity contribution in [3.05, 3.63) is 11.3 Å². The smallest absolute Gasteiger partial charge is 0.352 e. The molecule has 0 aromatic rings. The highest BCUT2D eigenvalue weighted by molar-refractivity contribution is 6.00. The van der Waals surface area contributed by atoms with Crippen molar-refractivity contribution in [2.45, 2.75) is 32.4 Å². The second-order valence-electron chi connectivity index (χ2n) is 6.08. The molecule has 120 valence electrons. The monoisotopic (exact) mass is 307 g/mol. The predicted octanol–water partition coefficient (Wildman–Crippen LogP) is 0.0281. The molecular formula is C15H21N3O4. The number of β-lactam (4-membered cyclic amide) rings is 1. The summed E-state index contributed by atoms with van der Waals surface area (Å²) in [7, 11) is 1.82. The van der Waals surface area contributed by atoms with Gasteiger partial charge in [0.2, 0.25) is 5.91 Å². The number of fused-ring (bicyclic) bond motifs is 1. The number of hydrogen-bond acceptors (Lipinski definition) is 5. The summed E-state index contributed by atoms with van der Waals surface area (Å²) in [5.74, 6) is -2.09. The summed E-state index contributed by atoms with van der Waals surface area (Å²) >= 11 is 0. The van der Waals surface area contributed by atoms with Gasteiger partial charge in [-0.05, 0) is 19.5 Å². The van der Waals surface area contributed by atoms with E-state index in [-0.39, 0.29) is 23.6 Å². The van der Waals surface area contributed by atoms with E-state index in [1.165, 1.54) is 4.90 Å². The highest BCUT2D eigenvalue weighted by Crippen LogP contribution is 2.47. The summed E-state index contributed by atoms with van der Waals surface area (Å²) in [6.07, 6.45) is -0.426. The molecule has 1 fully saturated rings. The number of carbonyl (C=O) groups is 2. The van der Waals surface area contributed by atoms with Crippen LogP contribution >= 0.6 is 0 Å². The van der Waals surface area contributed by atoms with Gasteiger partial charge in [-0.15, -0.1) is 0 Å². The molecule has 0 radical (unpaired) electrons. The molecule has 0 spiro atoms. The van der Waals surface area contributed by atoms with Crippen LogP contribution in [0.1, 0.15) is 20.3 Å². The summed E-state index contributed by atoms with van der Waals surface area (Å²) in [6, 6.07) is 1.78. The number of rotatable bonds is 6. The fourth-order valence-corrected chi connectivity index (χ4v) is 3.46. The number of hydrogen-bond donors (Lipinski definition) is 2. The highest BCUT2D eigenvalue weighted by Gasteiger charge is 2.59. The summed E-state index contributed by atoms with van der Waals surface area (Å²) in [4.78, 5) is 26.9. The van der Waals surface area contributed by atoms with Gasteiger partial charge in [0.15, 0.2) is 0 Å². The number of aliphatic hydroxyl groups is 1. The molecule has 0 bridgehead atoms. The first kappa shape index (κ1) is 16.5. The molecule has 0 aromatic heterocycles. The van der Waals surface area contributed by atoms with Gasteiger partial charge in [-0.2, -0.15) is 5.26 Å². The largest absolute Gasteiger partial charge is 0.477 e. The van der Waals surface area contributed by atoms with Crippen LogP contribution < -0.4 is 0 Å². The minimum absolute atomic E-state index is 0.0446. The van der Waals surface area contributed by atoms with E-state index in [1.807, 2.05) is 18.9 Å². The number of likely N-dealkylation sites (N-methyl/N-ethyl adjacent to an activating group) is 1. The van der Waals surface area contributed by atoms with E-state index in [2.05, 4.69) is 6.07 Å². The molecule has 0 aliphatic carbocycles. The van der Waals surface area contributed by atoms with Crippen molar-refractivity contribution < 1.29 is 19.8 Å². The van der Waals surface area contributed by atoms with Crippen molar-refractivity contribution in [3.63, 3.8) is 0 Å². The Morgan fingerprint density at radius 1 is 1.55 bits per heavy atom. The van der Waals surface area contributed by atoms with Crippen molar-refractivity contribution in [1.82, 2.24) is 9.80 Å². The molecule has 0 aromatic carbocycles. The molecular weight excluding hydrogens is 286 g/mol. The fourth-order valence-electron chi connectivity index (χ4n) is 3.46. The van der Waals surface area contributed by atoms with Crippen molar-refractivity contribution >= 4 is 11.9 Å². The van der Waals surface area contributed by atoms with E-state index in [4.69, 9.17) is 5.26 Å². The van der Waals surface area contributed by atoms with Crippen molar-refractivity contribution in [2.24, 2.45) is 11.8 Å². The number of carboxylic acid groups (broad SMARTS) is 1. The number of aliphatic hydroxyl groups excluding tert-OH is 1. The molecule has 22 heavy (non-hydrogen) atoms. The number of amides is 1. The topological polar surface area (TPSA) is 105 Å².